The van der Waals surface area contributed by atoms with Crippen molar-refractivity contribution in [2.45, 2.75) is 12.8 Å². The van der Waals surface area contributed by atoms with Gasteiger partial charge in [-0.3, -0.25) is 0 Å². The number of rotatable bonds is 6. The smallest absolute Gasteiger partial charge is 0.0740 e. The maximum atomic E-state index is 5.44. The van der Waals surface area contributed by atoms with Gasteiger partial charge in [0.15, 0.2) is 0 Å². The summed E-state index contributed by atoms with van der Waals surface area (Å²) in [5.41, 5.74) is 6.85. The second-order valence-electron chi connectivity index (χ2n) is 3.40. The Balaban J connectivity index is 2.15. The molecule has 1 aromatic rings. The lowest BCUT2D eigenvalue weighted by Gasteiger charge is -2.15. The first-order valence-electron chi connectivity index (χ1n) is 4.66. The minimum atomic E-state index is 0.604. The van der Waals surface area contributed by atoms with E-state index in [1.807, 2.05) is 0 Å². The molecule has 0 aliphatic carbocycles. The van der Waals surface area contributed by atoms with Crippen molar-refractivity contribution in [3.8, 4) is 0 Å². The van der Waals surface area contributed by atoms with E-state index in [9.17, 15) is 0 Å². The quantitative estimate of drug-likeness (QED) is 0.754. The van der Waals surface area contributed by atoms with Gasteiger partial charge in [-0.1, -0.05) is 12.2 Å². The highest BCUT2D eigenvalue weighted by Gasteiger charge is 2.00. The van der Waals surface area contributed by atoms with Crippen LogP contribution in [0.25, 0.3) is 0 Å². The van der Waals surface area contributed by atoms with E-state index in [0.717, 1.165) is 25.9 Å². The summed E-state index contributed by atoms with van der Waals surface area (Å²) >= 11 is 6.58. The number of thiocarbonyl (C=S) groups is 1. The van der Waals surface area contributed by atoms with Crippen molar-refractivity contribution in [3.63, 3.8) is 0 Å². The molecule has 4 heteroatoms. The Morgan fingerprint density at radius 1 is 1.57 bits per heavy atom. The molecule has 0 saturated heterocycles. The van der Waals surface area contributed by atoms with Crippen LogP contribution in [-0.4, -0.2) is 30.0 Å². The summed E-state index contributed by atoms with van der Waals surface area (Å²) < 4.78 is 0. The third kappa shape index (κ3) is 4.69. The third-order valence-corrected chi connectivity index (χ3v) is 3.04. The molecule has 1 rings (SSSR count). The summed E-state index contributed by atoms with van der Waals surface area (Å²) in [5, 5.41) is 4.31. The number of likely N-dealkylation sites (N-methyl/N-ethyl adjacent to an activating group) is 1. The first kappa shape index (κ1) is 11.6. The molecule has 0 radical (unpaired) electrons. The highest BCUT2D eigenvalue weighted by atomic mass is 32.1. The predicted molar refractivity (Wildman–Crippen MR) is 66.9 cm³/mol. The molecule has 0 saturated carbocycles. The van der Waals surface area contributed by atoms with E-state index in [4.69, 9.17) is 18.0 Å². The molecule has 0 aromatic carbocycles. The van der Waals surface area contributed by atoms with Crippen LogP contribution < -0.4 is 5.73 Å². The summed E-state index contributed by atoms with van der Waals surface area (Å²) in [7, 11) is 2.10. The second-order valence-corrected chi connectivity index (χ2v) is 4.71. The third-order valence-electron chi connectivity index (χ3n) is 2.10. The normalized spacial score (nSPS) is 10.7. The van der Waals surface area contributed by atoms with Gasteiger partial charge in [0.25, 0.3) is 0 Å². The average molecular weight is 228 g/mol. The molecule has 2 nitrogen and oxygen atoms in total. The Bertz CT molecular complexity index is 270. The fraction of sp³-hybridized carbons (Fsp3) is 0.500. The first-order chi connectivity index (χ1) is 6.68. The van der Waals surface area contributed by atoms with Crippen LogP contribution in [0.4, 0.5) is 0 Å². The molecule has 0 bridgehead atoms. The van der Waals surface area contributed by atoms with Crippen molar-refractivity contribution < 1.29 is 0 Å². The summed E-state index contributed by atoms with van der Waals surface area (Å²) in [6.07, 6.45) is 1.92. The lowest BCUT2D eigenvalue weighted by molar-refractivity contribution is 0.349. The van der Waals surface area contributed by atoms with Crippen molar-refractivity contribution in [1.29, 1.82) is 0 Å². The Morgan fingerprint density at radius 2 is 2.36 bits per heavy atom. The maximum Gasteiger partial charge on any atom is 0.0740 e. The van der Waals surface area contributed by atoms with Crippen molar-refractivity contribution in [3.05, 3.63) is 22.4 Å². The molecule has 0 unspecified atom stereocenters. The zero-order valence-electron chi connectivity index (χ0n) is 8.40. The molecule has 78 valence electrons. The molecule has 0 aliphatic heterocycles. The van der Waals surface area contributed by atoms with Gasteiger partial charge in [0.1, 0.15) is 0 Å². The van der Waals surface area contributed by atoms with E-state index < -0.39 is 0 Å². The molecule has 2 N–H and O–H groups in total. The highest BCUT2D eigenvalue weighted by Crippen LogP contribution is 2.06. The van der Waals surface area contributed by atoms with Gasteiger partial charge in [-0.15, -0.1) is 0 Å². The van der Waals surface area contributed by atoms with Gasteiger partial charge >= 0.3 is 0 Å². The van der Waals surface area contributed by atoms with Gasteiger partial charge in [0.2, 0.25) is 0 Å². The summed E-state index contributed by atoms with van der Waals surface area (Å²) in [6.45, 7) is 2.03. The van der Waals surface area contributed by atoms with E-state index in [2.05, 4.69) is 28.8 Å². The monoisotopic (exact) mass is 228 g/mol. The zero-order chi connectivity index (χ0) is 10.4. The highest BCUT2D eigenvalue weighted by molar-refractivity contribution is 7.80. The standard InChI is InChI=1S/C10H16N2S2/c1-12(6-3-10(11)13)5-2-9-4-7-14-8-9/h4,7-8H,2-3,5-6H2,1H3,(H2,11,13). The molecule has 14 heavy (non-hydrogen) atoms. The van der Waals surface area contributed by atoms with Crippen LogP contribution in [0, 0.1) is 0 Å². The number of nitrogens with two attached hydrogens (primary N) is 1. The maximum absolute atomic E-state index is 5.44. The SMILES string of the molecule is CN(CCC(N)=S)CCc1ccsc1. The van der Waals surface area contributed by atoms with Crippen LogP contribution in [-0.2, 0) is 6.42 Å². The van der Waals surface area contributed by atoms with Gasteiger partial charge in [-0.25, -0.2) is 0 Å². The van der Waals surface area contributed by atoms with Crippen LogP contribution in [0.15, 0.2) is 16.8 Å². The predicted octanol–water partition coefficient (Wildman–Crippen LogP) is 1.90. The van der Waals surface area contributed by atoms with Crippen LogP contribution in [0.2, 0.25) is 0 Å². The molecule has 1 heterocycles. The molecule has 0 aliphatic rings. The fourth-order valence-electron chi connectivity index (χ4n) is 1.17. The lowest BCUT2D eigenvalue weighted by atomic mass is 10.2. The van der Waals surface area contributed by atoms with Crippen molar-refractivity contribution in [2.75, 3.05) is 20.1 Å². The zero-order valence-corrected chi connectivity index (χ0v) is 10.0. The van der Waals surface area contributed by atoms with Crippen LogP contribution in [0.1, 0.15) is 12.0 Å². The van der Waals surface area contributed by atoms with Crippen molar-refractivity contribution in [2.24, 2.45) is 5.73 Å². The summed E-state index contributed by atoms with van der Waals surface area (Å²) in [6, 6.07) is 2.17. The molecular weight excluding hydrogens is 212 g/mol. The Morgan fingerprint density at radius 3 is 2.93 bits per heavy atom. The van der Waals surface area contributed by atoms with Gasteiger partial charge in [0.05, 0.1) is 4.99 Å². The van der Waals surface area contributed by atoms with E-state index in [1.165, 1.54) is 5.56 Å². The van der Waals surface area contributed by atoms with Gasteiger partial charge in [0, 0.05) is 19.5 Å². The molecule has 0 amide bonds. The fourth-order valence-corrected chi connectivity index (χ4v) is 1.96. The summed E-state index contributed by atoms with van der Waals surface area (Å²) in [5.74, 6) is 0. The van der Waals surface area contributed by atoms with Crippen molar-refractivity contribution >= 4 is 28.5 Å². The lowest BCUT2D eigenvalue weighted by Crippen LogP contribution is -2.25. The Labute approximate surface area is 94.7 Å². The number of thiophene rings is 1. The average Bonchev–Trinajstić information content (AvgIpc) is 2.63. The molecule has 0 spiro atoms. The minimum absolute atomic E-state index is 0.604. The van der Waals surface area contributed by atoms with Gasteiger partial charge in [-0.05, 0) is 35.9 Å². The van der Waals surface area contributed by atoms with Gasteiger partial charge in [-0.2, -0.15) is 11.3 Å². The number of nitrogens with zero attached hydrogens (tertiary/aromatic N) is 1. The Kier molecular flexibility index (Phi) is 5.07. The van der Waals surface area contributed by atoms with Crippen LogP contribution >= 0.6 is 23.6 Å². The largest absolute Gasteiger partial charge is 0.393 e. The van der Waals surface area contributed by atoms with E-state index >= 15 is 0 Å². The summed E-state index contributed by atoms with van der Waals surface area (Å²) in [4.78, 5) is 2.86. The second kappa shape index (κ2) is 6.11. The Hall–Kier alpha value is -0.450. The number of hydrogen-bond donors (Lipinski definition) is 1. The van der Waals surface area contributed by atoms with Gasteiger partial charge < -0.3 is 10.6 Å². The van der Waals surface area contributed by atoms with Crippen LogP contribution in [0.5, 0.6) is 0 Å². The minimum Gasteiger partial charge on any atom is -0.393 e. The topological polar surface area (TPSA) is 29.3 Å². The first-order valence-corrected chi connectivity index (χ1v) is 6.01. The number of hydrogen-bond acceptors (Lipinski definition) is 3. The molecule has 1 aromatic heterocycles. The van der Waals surface area contributed by atoms with Crippen molar-refractivity contribution in [1.82, 2.24) is 4.90 Å². The van der Waals surface area contributed by atoms with Crippen LogP contribution in [0.3, 0.4) is 0 Å². The van der Waals surface area contributed by atoms with E-state index in [0.29, 0.717) is 4.99 Å². The molecular formula is C10H16N2S2. The van der Waals surface area contributed by atoms with E-state index in [-0.39, 0.29) is 0 Å². The van der Waals surface area contributed by atoms with E-state index in [1.54, 1.807) is 11.3 Å². The molecule has 0 fully saturated rings. The molecule has 0 atom stereocenters.